The van der Waals surface area contributed by atoms with Crippen LogP contribution < -0.4 is 21.3 Å². The molecule has 4 aromatic rings. The molecule has 12 heteroatoms. The molecule has 474 valence electrons. The van der Waals surface area contributed by atoms with E-state index in [4.69, 9.17) is 9.47 Å². The number of aliphatic hydroxyl groups is 3. The Kier molecular flexibility index (Phi) is 17.1. The van der Waals surface area contributed by atoms with Crippen LogP contribution in [-0.2, 0) is 44.9 Å². The van der Waals surface area contributed by atoms with E-state index in [1.807, 2.05) is 32.2 Å². The van der Waals surface area contributed by atoms with E-state index in [2.05, 4.69) is 119 Å². The minimum absolute atomic E-state index is 0.00528. The quantitative estimate of drug-likeness (QED) is 0.0557. The third-order valence-electron chi connectivity index (χ3n) is 24.0. The Labute approximate surface area is 532 Å². The van der Waals surface area contributed by atoms with Crippen molar-refractivity contribution < 1.29 is 39.5 Å². The van der Waals surface area contributed by atoms with E-state index in [1.165, 1.54) is 22.3 Å². The van der Waals surface area contributed by atoms with Gasteiger partial charge in [-0.25, -0.2) is 9.59 Å². The molecule has 14 bridgehead atoms. The maximum absolute atomic E-state index is 15.6. The number of ether oxygens (including phenoxy) is 2. The fourth-order valence-corrected chi connectivity index (χ4v) is 19.6. The first-order valence-corrected chi connectivity index (χ1v) is 34.5. The first kappa shape index (κ1) is 61.4. The van der Waals surface area contributed by atoms with Crippen LogP contribution in [-0.4, -0.2) is 83.0 Å². The molecule has 6 aliphatic carbocycles. The van der Waals surface area contributed by atoms with Crippen molar-refractivity contribution in [2.45, 2.75) is 172 Å². The molecular weight excluding hydrogens is 1120 g/mol. The Bertz CT molecular complexity index is 3600. The highest BCUT2D eigenvalue weighted by molar-refractivity contribution is 6.07. The van der Waals surface area contributed by atoms with Crippen molar-refractivity contribution in [2.24, 2.45) is 58.2 Å². The number of cyclic esters (lactones) is 1. The van der Waals surface area contributed by atoms with Crippen LogP contribution >= 0.6 is 0 Å². The van der Waals surface area contributed by atoms with Crippen LogP contribution in [0.3, 0.4) is 0 Å². The summed E-state index contributed by atoms with van der Waals surface area (Å²) in [6.45, 7) is 6.74. The van der Waals surface area contributed by atoms with E-state index >= 15 is 9.59 Å². The molecule has 16 rings (SSSR count). The third-order valence-corrected chi connectivity index (χ3v) is 24.0. The highest BCUT2D eigenvalue weighted by atomic mass is 16.6. The SMILES string of the molecule is CC[C@H](/C=C1\OC(=O)C2=C3c4cc(O)ccc4-c4cccc(c4)CNCCc4ccc(CCCO)c(c4)[C@H]4NC[C@](C)(O)CC#C[C@@H](C5(O)CCCC5)C[C@@H]5C[C@@]([C@@H]6CCN[C@H](NC)C6)(CC=C6OC(=O)C7=C6CC[C@H]6[C@H]3CC[C@@]21[C@@H]76)C[C@@H]54)Cc1ccccc1. The number of rotatable bonds is 10. The maximum Gasteiger partial charge on any atom is 0.340 e. The minimum atomic E-state index is -1.14. The van der Waals surface area contributed by atoms with Gasteiger partial charge in [-0.3, -0.25) is 0 Å². The smallest absolute Gasteiger partial charge is 0.340 e. The van der Waals surface area contributed by atoms with Crippen LogP contribution in [0.2, 0.25) is 0 Å². The zero-order valence-corrected chi connectivity index (χ0v) is 53.2. The lowest BCUT2D eigenvalue weighted by Crippen LogP contribution is -2.52. The summed E-state index contributed by atoms with van der Waals surface area (Å²) in [4.78, 5) is 31.0. The van der Waals surface area contributed by atoms with Gasteiger partial charge in [0.15, 0.2) is 0 Å². The second kappa shape index (κ2) is 25.1. The van der Waals surface area contributed by atoms with E-state index in [0.717, 1.165) is 136 Å². The zero-order valence-electron chi connectivity index (χ0n) is 53.2. The molecule has 6 aliphatic heterocycles. The van der Waals surface area contributed by atoms with Gasteiger partial charge in [-0.15, -0.1) is 0 Å². The summed E-state index contributed by atoms with van der Waals surface area (Å²) in [6.07, 6.45) is 20.1. The number of β-amino-alcohol motifs (C(OH)–C–C–N with tert-alkyl or cyclic N) is 1. The molecular formula is C78H94N4O8. The monoisotopic (exact) mass is 1210 g/mol. The number of fused-ring (bicyclic) bond motifs is 5. The Morgan fingerprint density at radius 2 is 1.69 bits per heavy atom. The van der Waals surface area contributed by atoms with Gasteiger partial charge in [-0.05, 0) is 258 Å². The molecule has 13 atom stereocenters. The van der Waals surface area contributed by atoms with Crippen LogP contribution in [0.5, 0.6) is 5.75 Å². The molecule has 0 unspecified atom stereocenters. The van der Waals surface area contributed by atoms with Crippen molar-refractivity contribution in [3.63, 3.8) is 0 Å². The predicted molar refractivity (Wildman–Crippen MR) is 351 cm³/mol. The highest BCUT2D eigenvalue weighted by Crippen LogP contribution is 2.72. The first-order chi connectivity index (χ1) is 43.7. The van der Waals surface area contributed by atoms with Crippen LogP contribution in [0.15, 0.2) is 131 Å². The number of aryl methyl sites for hydroxylation is 1. The van der Waals surface area contributed by atoms with Gasteiger partial charge in [0.05, 0.1) is 28.4 Å². The number of phenolic OH excluding ortho intramolecular Hbond substituents is 1. The summed E-state index contributed by atoms with van der Waals surface area (Å²) < 4.78 is 13.6. The number of hydrogen-bond donors (Lipinski definition) is 8. The molecule has 3 saturated carbocycles. The molecule has 12 nitrogen and oxygen atoms in total. The van der Waals surface area contributed by atoms with Crippen LogP contribution in [0, 0.1) is 70.0 Å². The molecule has 12 aliphatic rings. The Hall–Kier alpha value is -6.14. The topological polar surface area (TPSA) is 182 Å². The van der Waals surface area contributed by atoms with Gasteiger partial charge in [0.1, 0.15) is 17.3 Å². The van der Waals surface area contributed by atoms with Gasteiger partial charge in [0.2, 0.25) is 0 Å². The van der Waals surface area contributed by atoms with Crippen LogP contribution in [0.4, 0.5) is 0 Å². The fourth-order valence-electron chi connectivity index (χ4n) is 19.6. The molecule has 1 spiro atoms. The number of hydrogen-bond acceptors (Lipinski definition) is 12. The van der Waals surface area contributed by atoms with E-state index in [0.29, 0.717) is 80.2 Å². The van der Waals surface area contributed by atoms with Crippen molar-refractivity contribution in [1.29, 1.82) is 0 Å². The Morgan fingerprint density at radius 1 is 0.833 bits per heavy atom. The van der Waals surface area contributed by atoms with Crippen molar-refractivity contribution >= 4 is 17.5 Å². The molecule has 90 heavy (non-hydrogen) atoms. The molecule has 2 saturated heterocycles. The van der Waals surface area contributed by atoms with Crippen LogP contribution in [0.1, 0.15) is 162 Å². The molecule has 8 N–H and O–H groups in total. The van der Waals surface area contributed by atoms with Crippen molar-refractivity contribution in [3.05, 3.63) is 165 Å². The first-order valence-electron chi connectivity index (χ1n) is 34.5. The Balaban J connectivity index is 0.962. The lowest BCUT2D eigenvalue weighted by molar-refractivity contribution is -0.135. The molecule has 0 amide bonds. The second-order valence-corrected chi connectivity index (χ2v) is 29.3. The van der Waals surface area contributed by atoms with Crippen LogP contribution in [0.25, 0.3) is 16.7 Å². The summed E-state index contributed by atoms with van der Waals surface area (Å²) in [7, 11) is 2.05. The average molecular weight is 1220 g/mol. The van der Waals surface area contributed by atoms with E-state index in [-0.39, 0.29) is 83.3 Å². The number of nitrogens with one attached hydrogen (secondary N) is 4. The fraction of sp³-hybridized carbons (Fsp3) is 0.538. The normalized spacial score (nSPS) is 33.7. The maximum atomic E-state index is 15.6. The predicted octanol–water partition coefficient (Wildman–Crippen LogP) is 12.0. The van der Waals surface area contributed by atoms with Gasteiger partial charge in [0, 0.05) is 55.1 Å². The van der Waals surface area contributed by atoms with Crippen molar-refractivity contribution in [1.82, 2.24) is 21.3 Å². The standard InChI is InChI=1S/C78H94N4O8/c1-4-48(37-49-13-6-5-7-14-49)40-66-78-33-25-59-60-23-24-61-65(89-73(85)69(61)70(60)78)26-32-76(55-28-35-81-67(42-55)79-3)44-54-41-56(77(88)30-8-9-31-77)18-11-29-75(2,87)47-82-72(64(54)45-76)62-39-50(19-20-52(62)17-12-36-83)27-34-80-46-51-15-10-16-53(38-51)58-22-21-57(84)43-63(58)68(59)71(78)74(86)90-66/h5-7,10,13-16,19-22,26,38-40,43,48,54-56,59-60,64,67,70,72,79-84,87-88H,4,8-9,12,17,23-25,27-37,41-42,44-47H2,1-3H3/b65-26?,66-40-/t48-,54+,55+,56+,59+,60-,64-,67-,70+,72+,75+,76-,78+/m0/s1. The van der Waals surface area contributed by atoms with E-state index in [9.17, 15) is 20.4 Å². The van der Waals surface area contributed by atoms with Crippen molar-refractivity contribution in [2.75, 3.05) is 33.3 Å². The highest BCUT2D eigenvalue weighted by Gasteiger charge is 2.69. The number of piperidine rings is 1. The summed E-state index contributed by atoms with van der Waals surface area (Å²) >= 11 is 0. The molecule has 5 fully saturated rings. The number of aliphatic hydroxyl groups excluding tert-OH is 1. The molecule has 0 radical (unpaired) electrons. The lowest BCUT2D eigenvalue weighted by atomic mass is 9.44. The Morgan fingerprint density at radius 3 is 2.51 bits per heavy atom. The summed E-state index contributed by atoms with van der Waals surface area (Å²) in [5.74, 6) is 7.80. The number of carbonyl (C=O) groups is 2. The largest absolute Gasteiger partial charge is 0.508 e. The third kappa shape index (κ3) is 11.3. The van der Waals surface area contributed by atoms with Gasteiger partial charge in [-0.1, -0.05) is 104 Å². The summed E-state index contributed by atoms with van der Waals surface area (Å²) in [5, 5.41) is 62.4. The molecule has 6 heterocycles. The summed E-state index contributed by atoms with van der Waals surface area (Å²) in [6, 6.07) is 31.6. The number of benzene rings is 4. The van der Waals surface area contributed by atoms with Gasteiger partial charge >= 0.3 is 11.9 Å². The minimum Gasteiger partial charge on any atom is -0.508 e. The number of carbonyl (C=O) groups excluding carboxylic acids is 2. The zero-order chi connectivity index (χ0) is 61.9. The van der Waals surface area contributed by atoms with Gasteiger partial charge in [-0.2, -0.15) is 0 Å². The number of esters is 2. The molecule has 4 aromatic carbocycles. The lowest BCUT2D eigenvalue weighted by Gasteiger charge is -2.56. The van der Waals surface area contributed by atoms with Gasteiger partial charge < -0.3 is 51.2 Å². The van der Waals surface area contributed by atoms with Gasteiger partial charge in [0.25, 0.3) is 0 Å². The van der Waals surface area contributed by atoms with Crippen molar-refractivity contribution in [3.8, 4) is 28.7 Å². The second-order valence-electron chi connectivity index (χ2n) is 29.3. The summed E-state index contributed by atoms with van der Waals surface area (Å²) in [5.41, 5.74) is 8.77. The average Bonchev–Trinajstić information content (AvgIpc) is 1.35. The number of aromatic hydroxyl groups is 1. The number of allylic oxidation sites excluding steroid dienone is 5. The van der Waals surface area contributed by atoms with E-state index < -0.39 is 16.6 Å². The van der Waals surface area contributed by atoms with E-state index in [1.54, 1.807) is 6.07 Å². The molecule has 0 aromatic heterocycles. The number of phenols is 1.